The molecule has 0 saturated heterocycles. The summed E-state index contributed by atoms with van der Waals surface area (Å²) in [6.07, 6.45) is 7.86. The maximum atomic E-state index is 12.3. The zero-order valence-electron chi connectivity index (χ0n) is 16.9. The van der Waals surface area contributed by atoms with Gasteiger partial charge in [0.2, 0.25) is 0 Å². The molecule has 0 heterocycles. The van der Waals surface area contributed by atoms with Crippen LogP contribution in [0.3, 0.4) is 0 Å². The molecule has 1 fully saturated rings. The van der Waals surface area contributed by atoms with Crippen molar-refractivity contribution >= 4 is 5.97 Å². The fourth-order valence-corrected chi connectivity index (χ4v) is 4.24. The number of nitrogens with zero attached hydrogens (tertiary/aromatic N) is 1. The highest BCUT2D eigenvalue weighted by Crippen LogP contribution is 2.35. The Bertz CT molecular complexity index is 809. The van der Waals surface area contributed by atoms with Crippen LogP contribution in [-0.4, -0.2) is 5.97 Å². The Morgan fingerprint density at radius 2 is 1.71 bits per heavy atom. The van der Waals surface area contributed by atoms with E-state index in [1.807, 2.05) is 30.3 Å². The van der Waals surface area contributed by atoms with Crippen molar-refractivity contribution in [1.82, 2.24) is 0 Å². The topological polar surface area (TPSA) is 50.1 Å². The maximum Gasteiger partial charge on any atom is 0.343 e. The normalized spacial score (nSPS) is 20.2. The molecule has 2 aromatic carbocycles. The Morgan fingerprint density at radius 1 is 1.07 bits per heavy atom. The molecule has 1 saturated carbocycles. The predicted octanol–water partition coefficient (Wildman–Crippen LogP) is 6.17. The van der Waals surface area contributed by atoms with Gasteiger partial charge in [-0.15, -0.1) is 0 Å². The minimum Gasteiger partial charge on any atom is -0.423 e. The van der Waals surface area contributed by atoms with Crippen molar-refractivity contribution in [2.75, 3.05) is 0 Å². The molecule has 0 radical (unpaired) electrons. The molecule has 1 atom stereocenters. The third kappa shape index (κ3) is 5.23. The van der Waals surface area contributed by atoms with Crippen molar-refractivity contribution in [1.29, 1.82) is 5.26 Å². The number of benzene rings is 2. The van der Waals surface area contributed by atoms with Gasteiger partial charge in [0.1, 0.15) is 5.75 Å². The number of carbonyl (C=O) groups is 1. The number of hydrogen-bond donors (Lipinski definition) is 0. The maximum absolute atomic E-state index is 12.3. The Kier molecular flexibility index (Phi) is 6.87. The molecule has 0 bridgehead atoms. The summed E-state index contributed by atoms with van der Waals surface area (Å²) in [7, 11) is 0. The molecule has 0 aliphatic heterocycles. The Labute approximate surface area is 168 Å². The van der Waals surface area contributed by atoms with Gasteiger partial charge >= 0.3 is 5.97 Å². The smallest absolute Gasteiger partial charge is 0.343 e. The van der Waals surface area contributed by atoms with Crippen LogP contribution < -0.4 is 4.74 Å². The summed E-state index contributed by atoms with van der Waals surface area (Å²) in [5.41, 5.74) is 2.37. The molecule has 1 unspecified atom stereocenters. The third-order valence-corrected chi connectivity index (χ3v) is 6.21. The van der Waals surface area contributed by atoms with Crippen LogP contribution in [0.15, 0.2) is 48.5 Å². The molecule has 1 aliphatic rings. The van der Waals surface area contributed by atoms with Crippen LogP contribution in [0.5, 0.6) is 5.75 Å². The Balaban J connectivity index is 1.54. The van der Waals surface area contributed by atoms with E-state index in [1.165, 1.54) is 37.7 Å². The van der Waals surface area contributed by atoms with E-state index in [9.17, 15) is 4.79 Å². The number of ether oxygens (including phenoxy) is 1. The van der Waals surface area contributed by atoms with Gasteiger partial charge < -0.3 is 4.74 Å². The SMILES string of the molecule is CCC1CCC(C(C)Cc2ccc(C(=O)Oc3ccc(C#N)cc3)cc2)CC1. The zero-order valence-corrected chi connectivity index (χ0v) is 16.9. The van der Waals surface area contributed by atoms with E-state index < -0.39 is 0 Å². The first kappa shape index (κ1) is 20.1. The van der Waals surface area contributed by atoms with Crippen LogP contribution in [-0.2, 0) is 6.42 Å². The summed E-state index contributed by atoms with van der Waals surface area (Å²) in [5, 5.41) is 8.83. The minimum atomic E-state index is -0.373. The van der Waals surface area contributed by atoms with Gasteiger partial charge in [0.15, 0.2) is 0 Å². The number of nitriles is 1. The predicted molar refractivity (Wildman–Crippen MR) is 111 cm³/mol. The summed E-state index contributed by atoms with van der Waals surface area (Å²) in [6, 6.07) is 16.4. The molecular formula is C25H29NO2. The first-order valence-electron chi connectivity index (χ1n) is 10.4. The summed E-state index contributed by atoms with van der Waals surface area (Å²) < 4.78 is 5.39. The van der Waals surface area contributed by atoms with E-state index in [2.05, 4.69) is 13.8 Å². The molecule has 0 spiro atoms. The van der Waals surface area contributed by atoms with Crippen LogP contribution in [0.4, 0.5) is 0 Å². The summed E-state index contributed by atoms with van der Waals surface area (Å²) in [6.45, 7) is 4.67. The molecule has 28 heavy (non-hydrogen) atoms. The Hall–Kier alpha value is -2.60. The van der Waals surface area contributed by atoms with Crippen molar-refractivity contribution in [3.63, 3.8) is 0 Å². The van der Waals surface area contributed by atoms with E-state index >= 15 is 0 Å². The fraction of sp³-hybridized carbons (Fsp3) is 0.440. The average Bonchev–Trinajstić information content (AvgIpc) is 2.74. The van der Waals surface area contributed by atoms with Gasteiger partial charge in [-0.2, -0.15) is 5.26 Å². The van der Waals surface area contributed by atoms with Crippen molar-refractivity contribution in [2.24, 2.45) is 17.8 Å². The van der Waals surface area contributed by atoms with E-state index in [1.54, 1.807) is 24.3 Å². The number of hydrogen-bond acceptors (Lipinski definition) is 3. The lowest BCUT2D eigenvalue weighted by Crippen LogP contribution is -2.21. The zero-order chi connectivity index (χ0) is 19.9. The van der Waals surface area contributed by atoms with Crippen LogP contribution in [0.2, 0.25) is 0 Å². The monoisotopic (exact) mass is 375 g/mol. The van der Waals surface area contributed by atoms with E-state index in [0.29, 0.717) is 22.8 Å². The Morgan fingerprint density at radius 3 is 2.29 bits per heavy atom. The van der Waals surface area contributed by atoms with Crippen molar-refractivity contribution in [3.05, 3.63) is 65.2 Å². The second-order valence-corrected chi connectivity index (χ2v) is 8.09. The van der Waals surface area contributed by atoms with Gasteiger partial charge in [0.25, 0.3) is 0 Å². The summed E-state index contributed by atoms with van der Waals surface area (Å²) >= 11 is 0. The van der Waals surface area contributed by atoms with E-state index in [-0.39, 0.29) is 5.97 Å². The standard InChI is InChI=1S/C25H29NO2/c1-3-19-4-10-22(11-5-19)18(2)16-20-6-12-23(13-7-20)25(27)28-24-14-8-21(17-26)9-15-24/h6-9,12-15,18-19,22H,3-5,10-11,16H2,1-2H3. The largest absolute Gasteiger partial charge is 0.423 e. The highest BCUT2D eigenvalue weighted by Gasteiger charge is 2.24. The molecule has 1 aliphatic carbocycles. The first-order valence-corrected chi connectivity index (χ1v) is 10.4. The molecular weight excluding hydrogens is 346 g/mol. The van der Waals surface area contributed by atoms with Crippen molar-refractivity contribution in [2.45, 2.75) is 52.4 Å². The average molecular weight is 376 g/mol. The van der Waals surface area contributed by atoms with Crippen LogP contribution in [0.1, 0.15) is 67.4 Å². The van der Waals surface area contributed by atoms with Crippen molar-refractivity contribution < 1.29 is 9.53 Å². The lowest BCUT2D eigenvalue weighted by molar-refractivity contribution is 0.0734. The number of carbonyl (C=O) groups excluding carboxylic acids is 1. The van der Waals surface area contributed by atoms with Crippen LogP contribution in [0.25, 0.3) is 0 Å². The third-order valence-electron chi connectivity index (χ3n) is 6.21. The molecule has 0 aromatic heterocycles. The number of esters is 1. The molecule has 3 rings (SSSR count). The summed E-state index contributed by atoms with van der Waals surface area (Å²) in [5.74, 6) is 2.51. The quantitative estimate of drug-likeness (QED) is 0.448. The second kappa shape index (κ2) is 9.55. The van der Waals surface area contributed by atoms with Gasteiger partial charge in [0.05, 0.1) is 17.2 Å². The molecule has 0 N–H and O–H groups in total. The van der Waals surface area contributed by atoms with Crippen LogP contribution >= 0.6 is 0 Å². The van der Waals surface area contributed by atoms with Gasteiger partial charge in [-0.3, -0.25) is 0 Å². The fourth-order valence-electron chi connectivity index (χ4n) is 4.24. The first-order chi connectivity index (χ1) is 13.6. The molecule has 3 nitrogen and oxygen atoms in total. The molecule has 0 amide bonds. The van der Waals surface area contributed by atoms with Gasteiger partial charge in [0, 0.05) is 0 Å². The lowest BCUT2D eigenvalue weighted by Gasteiger charge is -2.32. The lowest BCUT2D eigenvalue weighted by atomic mass is 9.74. The minimum absolute atomic E-state index is 0.373. The van der Waals surface area contributed by atoms with Gasteiger partial charge in [-0.1, -0.05) is 45.2 Å². The highest BCUT2D eigenvalue weighted by atomic mass is 16.5. The highest BCUT2D eigenvalue weighted by molar-refractivity contribution is 5.91. The van der Waals surface area contributed by atoms with Crippen molar-refractivity contribution in [3.8, 4) is 11.8 Å². The molecule has 2 aromatic rings. The number of rotatable bonds is 6. The molecule has 3 heteroatoms. The van der Waals surface area contributed by atoms with E-state index in [4.69, 9.17) is 10.00 Å². The van der Waals surface area contributed by atoms with Gasteiger partial charge in [-0.25, -0.2) is 4.79 Å². The summed E-state index contributed by atoms with van der Waals surface area (Å²) in [4.78, 5) is 12.3. The van der Waals surface area contributed by atoms with E-state index in [0.717, 1.165) is 18.3 Å². The van der Waals surface area contributed by atoms with Gasteiger partial charge in [-0.05, 0) is 79.0 Å². The second-order valence-electron chi connectivity index (χ2n) is 8.09. The molecule has 146 valence electrons. The van der Waals surface area contributed by atoms with Crippen LogP contribution in [0, 0.1) is 29.1 Å².